The Labute approximate surface area is 85.1 Å². The number of esters is 1. The molecule has 0 aromatic rings. The first-order chi connectivity index (χ1) is 6.63. The van der Waals surface area contributed by atoms with E-state index in [0.29, 0.717) is 6.04 Å². The quantitative estimate of drug-likeness (QED) is 0.482. The molecule has 1 atom stereocenters. The standard InChI is InChI=1S/C10H18N2O2/c1-11(2)9-4-6-12(8-9)7-5-10(13)14-3/h5,7,9H,4,6,8H2,1-3H3. The number of nitrogens with zero attached hydrogens (tertiary/aromatic N) is 2. The third-order valence-corrected chi connectivity index (χ3v) is 2.55. The van der Waals surface area contributed by atoms with Crippen LogP contribution in [0.1, 0.15) is 6.42 Å². The molecule has 1 aliphatic rings. The van der Waals surface area contributed by atoms with Crippen molar-refractivity contribution in [1.82, 2.24) is 9.80 Å². The predicted molar refractivity (Wildman–Crippen MR) is 54.8 cm³/mol. The normalized spacial score (nSPS) is 22.3. The molecule has 1 saturated heterocycles. The van der Waals surface area contributed by atoms with Crippen LogP contribution in [0, 0.1) is 0 Å². The molecule has 0 bridgehead atoms. The average Bonchev–Trinajstić information content (AvgIpc) is 2.62. The topological polar surface area (TPSA) is 32.8 Å². The van der Waals surface area contributed by atoms with E-state index >= 15 is 0 Å². The molecule has 0 radical (unpaired) electrons. The van der Waals surface area contributed by atoms with Gasteiger partial charge in [-0.25, -0.2) is 4.79 Å². The zero-order valence-corrected chi connectivity index (χ0v) is 9.06. The van der Waals surface area contributed by atoms with Crippen LogP contribution >= 0.6 is 0 Å². The second-order valence-corrected chi connectivity index (χ2v) is 3.74. The fourth-order valence-corrected chi connectivity index (χ4v) is 1.56. The maximum atomic E-state index is 10.8. The summed E-state index contributed by atoms with van der Waals surface area (Å²) in [6.45, 7) is 2.00. The third-order valence-electron chi connectivity index (χ3n) is 2.55. The molecule has 1 heterocycles. The Hall–Kier alpha value is -1.03. The van der Waals surface area contributed by atoms with Gasteiger partial charge in [0.15, 0.2) is 0 Å². The molecule has 1 aliphatic heterocycles. The summed E-state index contributed by atoms with van der Waals surface area (Å²) in [7, 11) is 5.55. The highest BCUT2D eigenvalue weighted by Gasteiger charge is 2.21. The summed E-state index contributed by atoms with van der Waals surface area (Å²) in [5.41, 5.74) is 0. The third kappa shape index (κ3) is 3.03. The van der Waals surface area contributed by atoms with Crippen LogP contribution in [-0.4, -0.2) is 56.1 Å². The van der Waals surface area contributed by atoms with Crippen LogP contribution in [0.3, 0.4) is 0 Å². The van der Waals surface area contributed by atoms with Crippen LogP contribution in [0.25, 0.3) is 0 Å². The van der Waals surface area contributed by atoms with E-state index < -0.39 is 0 Å². The molecule has 0 aliphatic carbocycles. The van der Waals surface area contributed by atoms with Gasteiger partial charge in [0.1, 0.15) is 0 Å². The van der Waals surface area contributed by atoms with Crippen molar-refractivity contribution in [1.29, 1.82) is 0 Å². The van der Waals surface area contributed by atoms with Gasteiger partial charge in [0.05, 0.1) is 7.11 Å². The minimum Gasteiger partial charge on any atom is -0.466 e. The van der Waals surface area contributed by atoms with E-state index in [4.69, 9.17) is 0 Å². The van der Waals surface area contributed by atoms with Crippen LogP contribution in [0.4, 0.5) is 0 Å². The van der Waals surface area contributed by atoms with Crippen LogP contribution in [0.5, 0.6) is 0 Å². The van der Waals surface area contributed by atoms with Gasteiger partial charge in [-0.3, -0.25) is 0 Å². The van der Waals surface area contributed by atoms with Crippen molar-refractivity contribution in [2.45, 2.75) is 12.5 Å². The van der Waals surface area contributed by atoms with Crippen LogP contribution < -0.4 is 0 Å². The lowest BCUT2D eigenvalue weighted by Crippen LogP contribution is -2.30. The van der Waals surface area contributed by atoms with E-state index in [1.807, 2.05) is 6.20 Å². The Morgan fingerprint density at radius 3 is 2.79 bits per heavy atom. The van der Waals surface area contributed by atoms with Crippen molar-refractivity contribution in [3.05, 3.63) is 12.3 Å². The Bertz CT molecular complexity index is 226. The summed E-state index contributed by atoms with van der Waals surface area (Å²) < 4.78 is 4.52. The number of likely N-dealkylation sites (tertiary alicyclic amines) is 1. The number of hydrogen-bond acceptors (Lipinski definition) is 4. The van der Waals surface area contributed by atoms with Crippen LogP contribution in [0.2, 0.25) is 0 Å². The largest absolute Gasteiger partial charge is 0.466 e. The van der Waals surface area contributed by atoms with E-state index in [1.54, 1.807) is 0 Å². The summed E-state index contributed by atoms with van der Waals surface area (Å²) >= 11 is 0. The smallest absolute Gasteiger partial charge is 0.331 e. The van der Waals surface area contributed by atoms with Crippen LogP contribution in [0.15, 0.2) is 12.3 Å². The molecule has 0 saturated carbocycles. The number of ether oxygens (including phenoxy) is 1. The monoisotopic (exact) mass is 198 g/mol. The number of rotatable bonds is 3. The molecule has 80 valence electrons. The van der Waals surface area contributed by atoms with Crippen molar-refractivity contribution in [2.24, 2.45) is 0 Å². The fourth-order valence-electron chi connectivity index (χ4n) is 1.56. The van der Waals surface area contributed by atoms with Crippen molar-refractivity contribution in [3.8, 4) is 0 Å². The number of hydrogen-bond donors (Lipinski definition) is 0. The first kappa shape index (κ1) is 11.0. The molecule has 1 fully saturated rings. The lowest BCUT2D eigenvalue weighted by Gasteiger charge is -2.18. The van der Waals surface area contributed by atoms with E-state index in [2.05, 4.69) is 28.6 Å². The molecule has 4 nitrogen and oxygen atoms in total. The number of likely N-dealkylation sites (N-methyl/N-ethyl adjacent to an activating group) is 1. The van der Waals surface area contributed by atoms with Gasteiger partial charge in [-0.15, -0.1) is 0 Å². The average molecular weight is 198 g/mol. The number of carbonyl (C=O) groups excluding carboxylic acids is 1. The lowest BCUT2D eigenvalue weighted by atomic mass is 10.2. The molecular formula is C10H18N2O2. The zero-order chi connectivity index (χ0) is 10.6. The molecule has 0 aromatic heterocycles. The van der Waals surface area contributed by atoms with Crippen LogP contribution in [-0.2, 0) is 9.53 Å². The van der Waals surface area contributed by atoms with E-state index in [9.17, 15) is 4.79 Å². The summed E-state index contributed by atoms with van der Waals surface area (Å²) in [6, 6.07) is 0.595. The second kappa shape index (κ2) is 5.00. The van der Waals surface area contributed by atoms with Gasteiger partial charge in [-0.05, 0) is 20.5 Å². The summed E-state index contributed by atoms with van der Waals surface area (Å²) in [4.78, 5) is 15.2. The van der Waals surface area contributed by atoms with Gasteiger partial charge in [-0.2, -0.15) is 0 Å². The van der Waals surface area contributed by atoms with Crippen molar-refractivity contribution in [2.75, 3.05) is 34.3 Å². The Morgan fingerprint density at radius 1 is 1.57 bits per heavy atom. The molecule has 14 heavy (non-hydrogen) atoms. The highest BCUT2D eigenvalue weighted by Crippen LogP contribution is 2.12. The maximum Gasteiger partial charge on any atom is 0.331 e. The van der Waals surface area contributed by atoms with E-state index in [1.165, 1.54) is 13.2 Å². The maximum absolute atomic E-state index is 10.8. The molecule has 0 N–H and O–H groups in total. The highest BCUT2D eigenvalue weighted by molar-refractivity contribution is 5.81. The molecule has 0 amide bonds. The van der Waals surface area contributed by atoms with Gasteiger partial charge in [0, 0.05) is 31.4 Å². The Kier molecular flexibility index (Phi) is 3.95. The Balaban J connectivity index is 2.35. The van der Waals surface area contributed by atoms with Gasteiger partial charge in [0.2, 0.25) is 0 Å². The van der Waals surface area contributed by atoms with Gasteiger partial charge < -0.3 is 14.5 Å². The van der Waals surface area contributed by atoms with E-state index in [0.717, 1.165) is 19.5 Å². The molecule has 1 rings (SSSR count). The molecule has 0 spiro atoms. The fraction of sp³-hybridized carbons (Fsp3) is 0.700. The number of methoxy groups -OCH3 is 1. The minimum atomic E-state index is -0.293. The van der Waals surface area contributed by atoms with Gasteiger partial charge in [0.25, 0.3) is 0 Å². The summed E-state index contributed by atoms with van der Waals surface area (Å²) in [6.07, 6.45) is 4.44. The van der Waals surface area contributed by atoms with Crippen molar-refractivity contribution in [3.63, 3.8) is 0 Å². The Morgan fingerprint density at radius 2 is 2.29 bits per heavy atom. The SMILES string of the molecule is COC(=O)C=CN1CCC(N(C)C)C1. The molecular weight excluding hydrogens is 180 g/mol. The van der Waals surface area contributed by atoms with Crippen molar-refractivity contribution < 1.29 is 9.53 Å². The zero-order valence-electron chi connectivity index (χ0n) is 9.06. The predicted octanol–water partition coefficient (Wildman–Crippen LogP) is 0.309. The van der Waals surface area contributed by atoms with Gasteiger partial charge in [-0.1, -0.05) is 0 Å². The van der Waals surface area contributed by atoms with Gasteiger partial charge >= 0.3 is 5.97 Å². The summed E-state index contributed by atoms with van der Waals surface area (Å²) in [5, 5.41) is 0. The lowest BCUT2D eigenvalue weighted by molar-refractivity contribution is -0.134. The molecule has 1 unspecified atom stereocenters. The second-order valence-electron chi connectivity index (χ2n) is 3.74. The highest BCUT2D eigenvalue weighted by atomic mass is 16.5. The minimum absolute atomic E-state index is 0.293. The first-order valence-corrected chi connectivity index (χ1v) is 4.80. The van der Waals surface area contributed by atoms with E-state index in [-0.39, 0.29) is 5.97 Å². The van der Waals surface area contributed by atoms with Crippen molar-refractivity contribution >= 4 is 5.97 Å². The molecule has 0 aromatic carbocycles. The molecule has 4 heteroatoms. The number of carbonyl (C=O) groups is 1. The first-order valence-electron chi connectivity index (χ1n) is 4.80. The summed E-state index contributed by atoms with van der Waals surface area (Å²) in [5.74, 6) is -0.293.